The van der Waals surface area contributed by atoms with Crippen LogP contribution in [0.25, 0.3) is 0 Å². The van der Waals surface area contributed by atoms with Crippen molar-refractivity contribution in [3.8, 4) is 0 Å². The predicted octanol–water partition coefficient (Wildman–Crippen LogP) is -0.292. The van der Waals surface area contributed by atoms with E-state index in [0.717, 1.165) is 0 Å². The molecular formula is C7H13FN2O2. The molecule has 4 nitrogen and oxygen atoms in total. The van der Waals surface area contributed by atoms with Crippen LogP contribution in [-0.2, 0) is 9.53 Å². The average Bonchev–Trinajstić information content (AvgIpc) is 2.04. The van der Waals surface area contributed by atoms with E-state index in [1.807, 2.05) is 6.92 Å². The number of morpholine rings is 1. The molecule has 12 heavy (non-hydrogen) atoms. The highest BCUT2D eigenvalue weighted by molar-refractivity contribution is 5.76. The van der Waals surface area contributed by atoms with Crippen LogP contribution in [0.1, 0.15) is 6.92 Å². The topological polar surface area (TPSA) is 41.6 Å². The van der Waals surface area contributed by atoms with E-state index >= 15 is 0 Å². The highest BCUT2D eigenvalue weighted by Gasteiger charge is 2.17. The standard InChI is InChI=1S/C7H13FN2O2/c1-6-5-10(2-3-12-6)9-7(11)4-8/h6H,2-5H2,1H3,(H,9,11). The van der Waals surface area contributed by atoms with Crippen molar-refractivity contribution in [1.82, 2.24) is 10.4 Å². The number of ether oxygens (including phenoxy) is 1. The van der Waals surface area contributed by atoms with E-state index in [9.17, 15) is 9.18 Å². The predicted molar refractivity (Wildman–Crippen MR) is 41.1 cm³/mol. The molecule has 1 atom stereocenters. The van der Waals surface area contributed by atoms with Crippen molar-refractivity contribution in [3.63, 3.8) is 0 Å². The van der Waals surface area contributed by atoms with E-state index in [2.05, 4.69) is 5.43 Å². The van der Waals surface area contributed by atoms with Gasteiger partial charge in [0.25, 0.3) is 5.91 Å². The molecular weight excluding hydrogens is 163 g/mol. The van der Waals surface area contributed by atoms with Crippen molar-refractivity contribution in [3.05, 3.63) is 0 Å². The first kappa shape index (κ1) is 9.41. The van der Waals surface area contributed by atoms with Crippen LogP contribution in [0.5, 0.6) is 0 Å². The highest BCUT2D eigenvalue weighted by Crippen LogP contribution is 2.00. The maximum atomic E-state index is 11.8. The molecule has 1 saturated heterocycles. The van der Waals surface area contributed by atoms with E-state index in [1.54, 1.807) is 5.01 Å². The number of nitrogens with zero attached hydrogens (tertiary/aromatic N) is 1. The Hall–Kier alpha value is -0.680. The van der Waals surface area contributed by atoms with Crippen molar-refractivity contribution in [2.75, 3.05) is 26.4 Å². The number of halogens is 1. The summed E-state index contributed by atoms with van der Waals surface area (Å²) in [6.07, 6.45) is 0.0960. The number of hydrogen-bond acceptors (Lipinski definition) is 3. The summed E-state index contributed by atoms with van der Waals surface area (Å²) in [4.78, 5) is 10.6. The molecule has 0 saturated carbocycles. The summed E-state index contributed by atoms with van der Waals surface area (Å²) in [5, 5.41) is 1.68. The van der Waals surface area contributed by atoms with Crippen LogP contribution in [0, 0.1) is 0 Å². The smallest absolute Gasteiger partial charge is 0.265 e. The van der Waals surface area contributed by atoms with Crippen LogP contribution in [0.15, 0.2) is 0 Å². The van der Waals surface area contributed by atoms with Crippen molar-refractivity contribution >= 4 is 5.91 Å². The zero-order valence-electron chi connectivity index (χ0n) is 7.05. The molecule has 0 spiro atoms. The minimum absolute atomic E-state index is 0.0960. The molecule has 1 heterocycles. The quantitative estimate of drug-likeness (QED) is 0.628. The van der Waals surface area contributed by atoms with Crippen LogP contribution in [0.2, 0.25) is 0 Å². The molecule has 1 fully saturated rings. The zero-order valence-corrected chi connectivity index (χ0v) is 7.05. The number of carbonyl (C=O) groups is 1. The minimum atomic E-state index is -0.967. The molecule has 0 aliphatic carbocycles. The molecule has 1 aliphatic heterocycles. The third kappa shape index (κ3) is 2.75. The number of rotatable bonds is 2. The fourth-order valence-electron chi connectivity index (χ4n) is 1.13. The van der Waals surface area contributed by atoms with Crippen LogP contribution >= 0.6 is 0 Å². The summed E-state index contributed by atoms with van der Waals surface area (Å²) in [5.41, 5.74) is 2.44. The first-order valence-electron chi connectivity index (χ1n) is 3.94. The first-order valence-corrected chi connectivity index (χ1v) is 3.94. The minimum Gasteiger partial charge on any atom is -0.376 e. The lowest BCUT2D eigenvalue weighted by Crippen LogP contribution is -2.51. The largest absolute Gasteiger partial charge is 0.376 e. The van der Waals surface area contributed by atoms with Crippen LogP contribution in [0.4, 0.5) is 4.39 Å². The normalized spacial score (nSPS) is 25.3. The van der Waals surface area contributed by atoms with Gasteiger partial charge < -0.3 is 4.74 Å². The number of nitrogens with one attached hydrogen (secondary N) is 1. The van der Waals surface area contributed by atoms with E-state index in [1.165, 1.54) is 0 Å². The summed E-state index contributed by atoms with van der Waals surface area (Å²) in [7, 11) is 0. The van der Waals surface area contributed by atoms with Gasteiger partial charge in [0.1, 0.15) is 0 Å². The molecule has 1 rings (SSSR count). The lowest BCUT2D eigenvalue weighted by atomic mass is 10.3. The van der Waals surface area contributed by atoms with Gasteiger partial charge in [0.05, 0.1) is 12.7 Å². The molecule has 0 bridgehead atoms. The third-order valence-electron chi connectivity index (χ3n) is 1.65. The number of carbonyl (C=O) groups excluding carboxylic acids is 1. The van der Waals surface area contributed by atoms with Crippen molar-refractivity contribution in [1.29, 1.82) is 0 Å². The Balaban J connectivity index is 2.27. The summed E-state index contributed by atoms with van der Waals surface area (Å²) >= 11 is 0. The van der Waals surface area contributed by atoms with Gasteiger partial charge in [0.15, 0.2) is 6.67 Å². The van der Waals surface area contributed by atoms with E-state index in [-0.39, 0.29) is 6.10 Å². The van der Waals surface area contributed by atoms with Crippen molar-refractivity contribution in [2.24, 2.45) is 0 Å². The Morgan fingerprint density at radius 2 is 2.58 bits per heavy atom. The van der Waals surface area contributed by atoms with Crippen LogP contribution in [0.3, 0.4) is 0 Å². The number of hydrogen-bond donors (Lipinski definition) is 1. The second-order valence-electron chi connectivity index (χ2n) is 2.80. The van der Waals surface area contributed by atoms with Gasteiger partial charge in [-0.25, -0.2) is 9.40 Å². The summed E-state index contributed by atoms with van der Waals surface area (Å²) in [6.45, 7) is 2.76. The average molecular weight is 176 g/mol. The summed E-state index contributed by atoms with van der Waals surface area (Å²) in [5.74, 6) is -0.593. The number of amides is 1. The Morgan fingerprint density at radius 1 is 1.83 bits per heavy atom. The second kappa shape index (κ2) is 4.37. The van der Waals surface area contributed by atoms with Gasteiger partial charge in [0, 0.05) is 13.1 Å². The van der Waals surface area contributed by atoms with Gasteiger partial charge in [-0.2, -0.15) is 0 Å². The fourth-order valence-corrected chi connectivity index (χ4v) is 1.13. The molecule has 0 aromatic carbocycles. The van der Waals surface area contributed by atoms with Gasteiger partial charge >= 0.3 is 0 Å². The Labute approximate surface area is 70.6 Å². The van der Waals surface area contributed by atoms with E-state index < -0.39 is 12.6 Å². The Bertz CT molecular complexity index is 165. The first-order chi connectivity index (χ1) is 5.72. The number of alkyl halides is 1. The Kier molecular flexibility index (Phi) is 3.43. The maximum Gasteiger partial charge on any atom is 0.265 e. The van der Waals surface area contributed by atoms with Gasteiger partial charge in [-0.1, -0.05) is 0 Å². The molecule has 0 radical (unpaired) electrons. The second-order valence-corrected chi connectivity index (χ2v) is 2.80. The van der Waals surface area contributed by atoms with E-state index in [4.69, 9.17) is 4.74 Å². The molecule has 5 heteroatoms. The number of hydrazine groups is 1. The van der Waals surface area contributed by atoms with Gasteiger partial charge in [0.2, 0.25) is 0 Å². The molecule has 0 aromatic rings. The molecule has 1 unspecified atom stereocenters. The SMILES string of the molecule is CC1CN(NC(=O)CF)CCO1. The Morgan fingerprint density at radius 3 is 3.17 bits per heavy atom. The lowest BCUT2D eigenvalue weighted by Gasteiger charge is -2.30. The third-order valence-corrected chi connectivity index (χ3v) is 1.65. The highest BCUT2D eigenvalue weighted by atomic mass is 19.1. The maximum absolute atomic E-state index is 11.8. The summed E-state index contributed by atoms with van der Waals surface area (Å²) < 4.78 is 17.0. The van der Waals surface area contributed by atoms with E-state index in [0.29, 0.717) is 19.7 Å². The monoisotopic (exact) mass is 176 g/mol. The van der Waals surface area contributed by atoms with Gasteiger partial charge in [-0.3, -0.25) is 10.2 Å². The molecule has 70 valence electrons. The molecule has 0 aromatic heterocycles. The van der Waals surface area contributed by atoms with Crippen LogP contribution in [-0.4, -0.2) is 43.4 Å². The molecule has 1 aliphatic rings. The molecule has 1 N–H and O–H groups in total. The van der Waals surface area contributed by atoms with Crippen molar-refractivity contribution < 1.29 is 13.9 Å². The fraction of sp³-hybridized carbons (Fsp3) is 0.857. The van der Waals surface area contributed by atoms with Crippen LogP contribution < -0.4 is 5.43 Å². The van der Waals surface area contributed by atoms with Crippen molar-refractivity contribution in [2.45, 2.75) is 13.0 Å². The van der Waals surface area contributed by atoms with Gasteiger partial charge in [-0.05, 0) is 6.92 Å². The molecule has 1 amide bonds. The zero-order chi connectivity index (χ0) is 8.97. The van der Waals surface area contributed by atoms with Gasteiger partial charge in [-0.15, -0.1) is 0 Å². The lowest BCUT2D eigenvalue weighted by molar-refractivity contribution is -0.130. The summed E-state index contributed by atoms with van der Waals surface area (Å²) in [6, 6.07) is 0.